The van der Waals surface area contributed by atoms with Crippen LogP contribution in [0, 0.1) is 11.8 Å². The third-order valence-electron chi connectivity index (χ3n) is 6.99. The molecule has 1 aromatic carbocycles. The number of benzene rings is 1. The zero-order valence-corrected chi connectivity index (χ0v) is 25.3. The zero-order valence-electron chi connectivity index (χ0n) is 25.3. The van der Waals surface area contributed by atoms with Crippen LogP contribution >= 0.6 is 0 Å². The molecule has 0 unspecified atom stereocenters. The number of nitrogens with zero attached hydrogens (tertiary/aromatic N) is 1. The average Bonchev–Trinajstić information content (AvgIpc) is 3.19. The highest BCUT2D eigenvalue weighted by molar-refractivity contribution is 5.70. The van der Waals surface area contributed by atoms with Crippen LogP contribution < -0.4 is 0 Å². The van der Waals surface area contributed by atoms with Crippen molar-refractivity contribution >= 4 is 6.09 Å². The van der Waals surface area contributed by atoms with Crippen molar-refractivity contribution in [3.63, 3.8) is 0 Å². The number of aliphatic hydroxyl groups is 1. The number of unbranched alkanes of at least 4 members (excludes halogenated alkanes) is 10. The molecule has 0 bridgehead atoms. The van der Waals surface area contributed by atoms with Crippen molar-refractivity contribution in [3.05, 3.63) is 35.9 Å². The fraction of sp³-hybridized carbons (Fsp3) is 0.727. The summed E-state index contributed by atoms with van der Waals surface area (Å²) in [6.07, 6.45) is 11.2. The SMILES string of the molecule is CCCCCCCCCCCCC#C[C@@H](O)[C@@H](OCc1ccccc1)[C@@H]1COC(C)(C)N1C(=O)OC(C)(C)C. The fourth-order valence-corrected chi connectivity index (χ4v) is 4.88. The first-order valence-corrected chi connectivity index (χ1v) is 15.0. The molecule has 1 saturated heterocycles. The molecule has 1 heterocycles. The number of carbonyl (C=O) groups excluding carboxylic acids is 1. The Morgan fingerprint density at radius 3 is 2.23 bits per heavy atom. The first kappa shape index (κ1) is 33.1. The normalized spacial score (nSPS) is 18.3. The van der Waals surface area contributed by atoms with Gasteiger partial charge in [-0.15, -0.1) is 5.92 Å². The van der Waals surface area contributed by atoms with Gasteiger partial charge in [0.1, 0.15) is 23.5 Å². The van der Waals surface area contributed by atoms with E-state index in [9.17, 15) is 9.90 Å². The quantitative estimate of drug-likeness (QED) is 0.182. The molecule has 1 aliphatic heterocycles. The van der Waals surface area contributed by atoms with Gasteiger partial charge < -0.3 is 19.3 Å². The van der Waals surface area contributed by atoms with Crippen molar-refractivity contribution in [2.75, 3.05) is 6.61 Å². The molecule has 6 heteroatoms. The second kappa shape index (κ2) is 16.9. The lowest BCUT2D eigenvalue weighted by Gasteiger charge is -2.38. The van der Waals surface area contributed by atoms with Gasteiger partial charge in [0, 0.05) is 6.42 Å². The lowest BCUT2D eigenvalue weighted by atomic mass is 10.0. The monoisotopic (exact) mass is 543 g/mol. The summed E-state index contributed by atoms with van der Waals surface area (Å²) in [6.45, 7) is 11.9. The molecule has 0 spiro atoms. The van der Waals surface area contributed by atoms with Gasteiger partial charge in [0.2, 0.25) is 0 Å². The predicted octanol–water partition coefficient (Wildman–Crippen LogP) is 7.62. The van der Waals surface area contributed by atoms with E-state index in [1.807, 2.05) is 65.0 Å². The van der Waals surface area contributed by atoms with Crippen molar-refractivity contribution < 1.29 is 24.1 Å². The van der Waals surface area contributed by atoms with Crippen LogP contribution in [0.25, 0.3) is 0 Å². The highest BCUT2D eigenvalue weighted by Crippen LogP contribution is 2.33. The Morgan fingerprint density at radius 2 is 1.64 bits per heavy atom. The average molecular weight is 544 g/mol. The molecular formula is C33H53NO5. The van der Waals surface area contributed by atoms with Gasteiger partial charge in [-0.2, -0.15) is 0 Å². The molecule has 1 N–H and O–H groups in total. The van der Waals surface area contributed by atoms with Crippen molar-refractivity contribution in [1.29, 1.82) is 0 Å². The fourth-order valence-electron chi connectivity index (χ4n) is 4.88. The second-order valence-electron chi connectivity index (χ2n) is 12.1. The van der Waals surface area contributed by atoms with Crippen LogP contribution in [0.2, 0.25) is 0 Å². The van der Waals surface area contributed by atoms with E-state index in [2.05, 4.69) is 18.8 Å². The van der Waals surface area contributed by atoms with Crippen molar-refractivity contribution in [2.24, 2.45) is 0 Å². The van der Waals surface area contributed by atoms with Gasteiger partial charge in [-0.05, 0) is 46.6 Å². The maximum atomic E-state index is 13.2. The molecule has 3 atom stereocenters. The van der Waals surface area contributed by atoms with Gasteiger partial charge >= 0.3 is 6.09 Å². The Morgan fingerprint density at radius 1 is 1.05 bits per heavy atom. The largest absolute Gasteiger partial charge is 0.444 e. The topological polar surface area (TPSA) is 68.2 Å². The summed E-state index contributed by atoms with van der Waals surface area (Å²) < 4.78 is 17.9. The Balaban J connectivity index is 1.98. The third-order valence-corrected chi connectivity index (χ3v) is 6.99. The smallest absolute Gasteiger partial charge is 0.412 e. The highest BCUT2D eigenvalue weighted by atomic mass is 16.6. The molecule has 39 heavy (non-hydrogen) atoms. The van der Waals surface area contributed by atoms with Gasteiger partial charge in [0.05, 0.1) is 19.3 Å². The van der Waals surface area contributed by atoms with E-state index in [4.69, 9.17) is 14.2 Å². The Labute approximate surface area is 237 Å². The number of carbonyl (C=O) groups is 1. The summed E-state index contributed by atoms with van der Waals surface area (Å²) in [5, 5.41) is 11.2. The Bertz CT molecular complexity index is 883. The highest BCUT2D eigenvalue weighted by Gasteiger charge is 2.50. The lowest BCUT2D eigenvalue weighted by molar-refractivity contribution is -0.0876. The molecule has 1 aromatic rings. The molecule has 0 aliphatic carbocycles. The standard InChI is InChI=1S/C33H53NO5/c1-7-8-9-10-11-12-13-14-15-16-17-21-24-29(35)30(37-25-27-22-19-18-20-23-27)28-26-38-33(5,6)34(28)31(36)39-32(2,3)4/h18-20,22-23,28-30,35H,7-17,25-26H2,1-6H3/t28-,29+,30-/m0/s1. The van der Waals surface area contributed by atoms with Gasteiger partial charge in [-0.3, -0.25) is 4.90 Å². The summed E-state index contributed by atoms with van der Waals surface area (Å²) in [5.41, 5.74) is -0.575. The summed E-state index contributed by atoms with van der Waals surface area (Å²) in [4.78, 5) is 14.8. The summed E-state index contributed by atoms with van der Waals surface area (Å²) in [7, 11) is 0. The minimum absolute atomic E-state index is 0.225. The molecule has 0 saturated carbocycles. The number of hydrogen-bond acceptors (Lipinski definition) is 5. The number of hydrogen-bond donors (Lipinski definition) is 1. The van der Waals surface area contributed by atoms with Crippen LogP contribution in [0.4, 0.5) is 4.79 Å². The summed E-state index contributed by atoms with van der Waals surface area (Å²) >= 11 is 0. The number of aliphatic hydroxyl groups excluding tert-OH is 1. The van der Waals surface area contributed by atoms with Gasteiger partial charge in [0.15, 0.2) is 0 Å². The van der Waals surface area contributed by atoms with Gasteiger partial charge in [-0.1, -0.05) is 101 Å². The first-order valence-electron chi connectivity index (χ1n) is 15.0. The second-order valence-corrected chi connectivity index (χ2v) is 12.1. The van der Waals surface area contributed by atoms with E-state index in [-0.39, 0.29) is 6.61 Å². The van der Waals surface area contributed by atoms with Crippen molar-refractivity contribution in [1.82, 2.24) is 4.90 Å². The molecule has 1 fully saturated rings. The zero-order chi connectivity index (χ0) is 28.7. The number of amides is 1. The van der Waals surface area contributed by atoms with E-state index in [0.717, 1.165) is 24.8 Å². The van der Waals surface area contributed by atoms with E-state index in [1.54, 1.807) is 4.90 Å². The van der Waals surface area contributed by atoms with Crippen LogP contribution in [0.3, 0.4) is 0 Å². The molecule has 0 radical (unpaired) electrons. The van der Waals surface area contributed by atoms with Crippen LogP contribution in [-0.2, 0) is 20.8 Å². The molecule has 1 amide bonds. The van der Waals surface area contributed by atoms with Crippen molar-refractivity contribution in [3.8, 4) is 11.8 Å². The molecular weight excluding hydrogens is 490 g/mol. The maximum absolute atomic E-state index is 13.2. The molecule has 220 valence electrons. The molecule has 1 aliphatic rings. The van der Waals surface area contributed by atoms with Gasteiger partial charge in [-0.25, -0.2) is 4.79 Å². The molecule has 0 aromatic heterocycles. The van der Waals surface area contributed by atoms with Gasteiger partial charge in [0.25, 0.3) is 0 Å². The minimum atomic E-state index is -1.07. The molecule has 6 nitrogen and oxygen atoms in total. The third kappa shape index (κ3) is 12.3. The Hall–Kier alpha value is -2.07. The maximum Gasteiger partial charge on any atom is 0.412 e. The van der Waals surface area contributed by atoms with E-state index in [1.165, 1.54) is 51.4 Å². The minimum Gasteiger partial charge on any atom is -0.444 e. The van der Waals surface area contributed by atoms with E-state index < -0.39 is 35.7 Å². The van der Waals surface area contributed by atoms with Crippen molar-refractivity contribution in [2.45, 2.75) is 148 Å². The summed E-state index contributed by atoms with van der Waals surface area (Å²) in [6, 6.07) is 9.26. The van der Waals surface area contributed by atoms with E-state index in [0.29, 0.717) is 6.61 Å². The first-order chi connectivity index (χ1) is 18.5. The molecule has 2 rings (SSSR count). The van der Waals surface area contributed by atoms with Crippen LogP contribution in [0.15, 0.2) is 30.3 Å². The van der Waals surface area contributed by atoms with Crippen LogP contribution in [0.1, 0.15) is 118 Å². The van der Waals surface area contributed by atoms with Crippen LogP contribution in [0.5, 0.6) is 0 Å². The van der Waals surface area contributed by atoms with E-state index >= 15 is 0 Å². The number of ether oxygens (including phenoxy) is 3. The lowest BCUT2D eigenvalue weighted by Crippen LogP contribution is -2.56. The number of rotatable bonds is 15. The Kier molecular flexibility index (Phi) is 14.4. The summed E-state index contributed by atoms with van der Waals surface area (Å²) in [5.74, 6) is 6.17. The van der Waals surface area contributed by atoms with Crippen LogP contribution in [-0.4, -0.2) is 52.3 Å². The predicted molar refractivity (Wildman–Crippen MR) is 157 cm³/mol.